The molecular formula is C12H14N2O3. The topological polar surface area (TPSA) is 72.3 Å². The lowest BCUT2D eigenvalue weighted by Crippen LogP contribution is -2.09. The van der Waals surface area contributed by atoms with Gasteiger partial charge in [0.05, 0.1) is 12.8 Å². The third-order valence-electron chi connectivity index (χ3n) is 3.10. The van der Waals surface area contributed by atoms with Crippen molar-refractivity contribution in [3.05, 3.63) is 17.6 Å². The molecule has 5 heteroatoms. The fraction of sp³-hybridized carbons (Fsp3) is 0.583. The van der Waals surface area contributed by atoms with Gasteiger partial charge in [0.15, 0.2) is 5.69 Å². The average Bonchev–Trinajstić information content (AvgIpc) is 3.16. The molecule has 1 N–H and O–H groups in total. The van der Waals surface area contributed by atoms with E-state index < -0.39 is 5.97 Å². The molecule has 0 bridgehead atoms. The maximum absolute atomic E-state index is 10.8. The molecule has 1 aromatic heterocycles. The summed E-state index contributed by atoms with van der Waals surface area (Å²) in [6, 6.07) is 0. The van der Waals surface area contributed by atoms with Gasteiger partial charge < -0.3 is 9.84 Å². The summed E-state index contributed by atoms with van der Waals surface area (Å²) in [4.78, 5) is 19.1. The van der Waals surface area contributed by atoms with Gasteiger partial charge in [0, 0.05) is 5.92 Å². The van der Waals surface area contributed by atoms with Gasteiger partial charge in [0.1, 0.15) is 5.69 Å². The van der Waals surface area contributed by atoms with Crippen LogP contribution >= 0.6 is 0 Å². The van der Waals surface area contributed by atoms with E-state index in [4.69, 9.17) is 9.84 Å². The molecule has 17 heavy (non-hydrogen) atoms. The second kappa shape index (κ2) is 3.98. The molecule has 90 valence electrons. The van der Waals surface area contributed by atoms with E-state index in [0.717, 1.165) is 18.5 Å². The van der Waals surface area contributed by atoms with E-state index in [2.05, 4.69) is 9.97 Å². The molecule has 0 aliphatic heterocycles. The fourth-order valence-electron chi connectivity index (χ4n) is 1.71. The predicted molar refractivity (Wildman–Crippen MR) is 59.2 cm³/mol. The molecule has 2 aliphatic rings. The van der Waals surface area contributed by atoms with Gasteiger partial charge in [-0.1, -0.05) is 0 Å². The molecule has 2 saturated carbocycles. The maximum Gasteiger partial charge on any atom is 0.356 e. The van der Waals surface area contributed by atoms with Gasteiger partial charge >= 0.3 is 5.97 Å². The molecule has 0 amide bonds. The summed E-state index contributed by atoms with van der Waals surface area (Å²) in [6.45, 7) is 0.636. The van der Waals surface area contributed by atoms with E-state index in [-0.39, 0.29) is 5.69 Å². The van der Waals surface area contributed by atoms with Crippen LogP contribution in [0.2, 0.25) is 0 Å². The Morgan fingerprint density at radius 3 is 2.76 bits per heavy atom. The lowest BCUT2D eigenvalue weighted by molar-refractivity contribution is 0.0688. The van der Waals surface area contributed by atoms with Gasteiger partial charge in [-0.3, -0.25) is 4.98 Å². The number of aromatic nitrogens is 2. The lowest BCUT2D eigenvalue weighted by Gasteiger charge is -2.09. The molecule has 3 rings (SSSR count). The summed E-state index contributed by atoms with van der Waals surface area (Å²) < 4.78 is 5.62. The van der Waals surface area contributed by atoms with Gasteiger partial charge in [0.25, 0.3) is 0 Å². The van der Waals surface area contributed by atoms with Crippen molar-refractivity contribution in [2.75, 3.05) is 6.61 Å². The highest BCUT2D eigenvalue weighted by Gasteiger charge is 2.31. The van der Waals surface area contributed by atoms with Crippen LogP contribution in [0.1, 0.15) is 47.8 Å². The van der Waals surface area contributed by atoms with Gasteiger partial charge in [-0.2, -0.15) is 0 Å². The van der Waals surface area contributed by atoms with Crippen molar-refractivity contribution in [3.63, 3.8) is 0 Å². The average molecular weight is 234 g/mol. The van der Waals surface area contributed by atoms with Crippen LogP contribution in [-0.2, 0) is 0 Å². The molecular weight excluding hydrogens is 220 g/mol. The van der Waals surface area contributed by atoms with Crippen LogP contribution in [0, 0.1) is 5.92 Å². The van der Waals surface area contributed by atoms with Gasteiger partial charge in [0.2, 0.25) is 5.88 Å². The summed E-state index contributed by atoms with van der Waals surface area (Å²) in [6.07, 6.45) is 5.91. The Kier molecular flexibility index (Phi) is 2.46. The molecule has 1 aromatic rings. The van der Waals surface area contributed by atoms with Gasteiger partial charge in [-0.05, 0) is 31.6 Å². The minimum Gasteiger partial charge on any atom is -0.476 e. The first-order valence-corrected chi connectivity index (χ1v) is 5.97. The summed E-state index contributed by atoms with van der Waals surface area (Å²) in [5, 5.41) is 8.89. The first-order chi connectivity index (χ1) is 8.24. The van der Waals surface area contributed by atoms with E-state index in [1.165, 1.54) is 19.0 Å². The number of nitrogens with zero attached hydrogens (tertiary/aromatic N) is 2. The SMILES string of the molecule is O=C(O)c1cnc(C2CC2)c(OCC2CC2)n1. The minimum absolute atomic E-state index is 0.0415. The monoisotopic (exact) mass is 234 g/mol. The lowest BCUT2D eigenvalue weighted by atomic mass is 10.3. The largest absolute Gasteiger partial charge is 0.476 e. The van der Waals surface area contributed by atoms with E-state index in [1.807, 2.05) is 0 Å². The molecule has 0 saturated heterocycles. The normalized spacial score (nSPS) is 19.1. The van der Waals surface area contributed by atoms with Crippen LogP contribution in [0.15, 0.2) is 6.20 Å². The van der Waals surface area contributed by atoms with Gasteiger partial charge in [-0.15, -0.1) is 0 Å². The number of hydrogen-bond acceptors (Lipinski definition) is 4. The van der Waals surface area contributed by atoms with Gasteiger partial charge in [-0.25, -0.2) is 9.78 Å². The van der Waals surface area contributed by atoms with Crippen LogP contribution in [0.3, 0.4) is 0 Å². The zero-order chi connectivity index (χ0) is 11.8. The number of carboxylic acid groups (broad SMARTS) is 1. The minimum atomic E-state index is -1.06. The highest BCUT2D eigenvalue weighted by atomic mass is 16.5. The number of hydrogen-bond donors (Lipinski definition) is 1. The van der Waals surface area contributed by atoms with Crippen molar-refractivity contribution in [3.8, 4) is 5.88 Å². The second-order valence-electron chi connectivity index (χ2n) is 4.78. The first-order valence-electron chi connectivity index (χ1n) is 5.97. The van der Waals surface area contributed by atoms with E-state index >= 15 is 0 Å². The maximum atomic E-state index is 10.8. The van der Waals surface area contributed by atoms with Crippen molar-refractivity contribution in [1.29, 1.82) is 0 Å². The molecule has 0 unspecified atom stereocenters. The number of aromatic carboxylic acids is 1. The van der Waals surface area contributed by atoms with Crippen molar-refractivity contribution in [2.45, 2.75) is 31.6 Å². The zero-order valence-electron chi connectivity index (χ0n) is 9.43. The third-order valence-corrected chi connectivity index (χ3v) is 3.10. The molecule has 0 spiro atoms. The van der Waals surface area contributed by atoms with Crippen LogP contribution in [0.5, 0.6) is 5.88 Å². The number of ether oxygens (including phenoxy) is 1. The molecule has 5 nitrogen and oxygen atoms in total. The number of rotatable bonds is 5. The fourth-order valence-corrected chi connectivity index (χ4v) is 1.71. The number of carbonyl (C=O) groups is 1. The Hall–Kier alpha value is -1.65. The van der Waals surface area contributed by atoms with E-state index in [0.29, 0.717) is 24.3 Å². The Morgan fingerprint density at radius 2 is 2.18 bits per heavy atom. The quantitative estimate of drug-likeness (QED) is 0.841. The Labute approximate surface area is 98.8 Å². The molecule has 1 heterocycles. The smallest absolute Gasteiger partial charge is 0.356 e. The molecule has 0 atom stereocenters. The van der Waals surface area contributed by atoms with Crippen molar-refractivity contribution in [2.24, 2.45) is 5.92 Å². The van der Waals surface area contributed by atoms with Crippen LogP contribution in [-0.4, -0.2) is 27.7 Å². The summed E-state index contributed by atoms with van der Waals surface area (Å²) in [5.41, 5.74) is 0.788. The molecule has 0 aromatic carbocycles. The second-order valence-corrected chi connectivity index (χ2v) is 4.78. The van der Waals surface area contributed by atoms with Crippen molar-refractivity contribution < 1.29 is 14.6 Å². The summed E-state index contributed by atoms with van der Waals surface area (Å²) in [7, 11) is 0. The van der Waals surface area contributed by atoms with Crippen molar-refractivity contribution in [1.82, 2.24) is 9.97 Å². The summed E-state index contributed by atoms with van der Waals surface area (Å²) in [5.74, 6) is 0.410. The highest BCUT2D eigenvalue weighted by molar-refractivity contribution is 5.85. The standard InChI is InChI=1S/C12H14N2O3/c15-12(16)9-5-13-10(8-3-4-8)11(14-9)17-6-7-1-2-7/h5,7-8H,1-4,6H2,(H,15,16). The Bertz CT molecular complexity index is 453. The zero-order valence-corrected chi connectivity index (χ0v) is 9.43. The Balaban J connectivity index is 1.83. The molecule has 2 aliphatic carbocycles. The first kappa shape index (κ1) is 10.5. The summed E-state index contributed by atoms with van der Waals surface area (Å²) >= 11 is 0. The highest BCUT2D eigenvalue weighted by Crippen LogP contribution is 2.42. The van der Waals surface area contributed by atoms with Crippen LogP contribution in [0.25, 0.3) is 0 Å². The van der Waals surface area contributed by atoms with E-state index in [9.17, 15) is 4.79 Å². The number of carboxylic acids is 1. The molecule has 0 radical (unpaired) electrons. The molecule has 2 fully saturated rings. The van der Waals surface area contributed by atoms with Crippen LogP contribution in [0.4, 0.5) is 0 Å². The Morgan fingerprint density at radius 1 is 1.41 bits per heavy atom. The van der Waals surface area contributed by atoms with E-state index in [1.54, 1.807) is 0 Å². The predicted octanol–water partition coefficient (Wildman–Crippen LogP) is 1.84. The third kappa shape index (κ3) is 2.38. The van der Waals surface area contributed by atoms with Crippen LogP contribution < -0.4 is 4.74 Å². The van der Waals surface area contributed by atoms with Crippen molar-refractivity contribution >= 4 is 5.97 Å².